The van der Waals surface area contributed by atoms with Crippen molar-refractivity contribution in [2.45, 2.75) is 31.4 Å². The van der Waals surface area contributed by atoms with Crippen LogP contribution in [0.4, 0.5) is 26.3 Å². The molecule has 2 heterocycles. The Labute approximate surface area is 204 Å². The number of alkyl halides is 6. The average molecular weight is 532 g/mol. The summed E-state index contributed by atoms with van der Waals surface area (Å²) in [4.78, 5) is 22.6. The number of piperidine rings is 1. The minimum Gasteiger partial charge on any atom is -0.497 e. The van der Waals surface area contributed by atoms with Gasteiger partial charge in [0.1, 0.15) is 5.75 Å². The number of methoxy groups -OCH3 is 1. The van der Waals surface area contributed by atoms with Crippen molar-refractivity contribution in [2.75, 3.05) is 47.4 Å². The van der Waals surface area contributed by atoms with Crippen molar-refractivity contribution in [2.24, 2.45) is 11.8 Å². The lowest BCUT2D eigenvalue weighted by Crippen LogP contribution is -2.44. The molecule has 8 nitrogen and oxygen atoms in total. The molecular formula is C22H30F6N2O6. The highest BCUT2D eigenvalue weighted by Gasteiger charge is 2.41. The normalized spacial score (nSPS) is 22.0. The number of hydrogen-bond donors (Lipinski definition) is 2. The lowest BCUT2D eigenvalue weighted by molar-refractivity contribution is -0.193. The number of likely N-dealkylation sites (N-methyl/N-ethyl adjacent to an activating group) is 1. The van der Waals surface area contributed by atoms with Gasteiger partial charge in [0, 0.05) is 25.6 Å². The van der Waals surface area contributed by atoms with Gasteiger partial charge in [-0.15, -0.1) is 0 Å². The Morgan fingerprint density at radius 2 is 1.56 bits per heavy atom. The Balaban J connectivity index is 0.000000383. The van der Waals surface area contributed by atoms with Gasteiger partial charge in [-0.2, -0.15) is 26.3 Å². The van der Waals surface area contributed by atoms with Gasteiger partial charge >= 0.3 is 24.3 Å². The van der Waals surface area contributed by atoms with E-state index in [2.05, 4.69) is 48.2 Å². The first-order chi connectivity index (χ1) is 16.5. The van der Waals surface area contributed by atoms with Crippen molar-refractivity contribution in [3.8, 4) is 5.75 Å². The topological polar surface area (TPSA) is 99.5 Å². The summed E-state index contributed by atoms with van der Waals surface area (Å²) < 4.78 is 74.8. The summed E-state index contributed by atoms with van der Waals surface area (Å²) in [5.74, 6) is -3.14. The van der Waals surface area contributed by atoms with Crippen LogP contribution in [0, 0.1) is 11.8 Å². The highest BCUT2D eigenvalue weighted by atomic mass is 19.4. The predicted molar refractivity (Wildman–Crippen MR) is 116 cm³/mol. The molecule has 2 fully saturated rings. The number of fused-ring (bicyclic) bond motifs is 1. The number of nitrogens with zero attached hydrogens (tertiary/aromatic N) is 2. The molecule has 0 aromatic heterocycles. The van der Waals surface area contributed by atoms with Gasteiger partial charge in [0.25, 0.3) is 0 Å². The second-order valence-electron chi connectivity index (χ2n) is 8.54. The highest BCUT2D eigenvalue weighted by molar-refractivity contribution is 5.73. The largest absolute Gasteiger partial charge is 0.497 e. The zero-order chi connectivity index (χ0) is 27.7. The van der Waals surface area contributed by atoms with Gasteiger partial charge in [-0.25, -0.2) is 9.59 Å². The Hall–Kier alpha value is -2.58. The summed E-state index contributed by atoms with van der Waals surface area (Å²) in [6.45, 7) is 5.37. The van der Waals surface area contributed by atoms with Crippen LogP contribution in [0.5, 0.6) is 5.75 Å². The van der Waals surface area contributed by atoms with Crippen LogP contribution in [0.1, 0.15) is 12.0 Å². The second-order valence-corrected chi connectivity index (χ2v) is 8.54. The van der Waals surface area contributed by atoms with E-state index in [9.17, 15) is 26.3 Å². The minimum atomic E-state index is -5.08. The number of carbonyl (C=O) groups is 2. The Morgan fingerprint density at radius 3 is 1.97 bits per heavy atom. The van der Waals surface area contributed by atoms with Crippen LogP contribution in [0.25, 0.3) is 0 Å². The van der Waals surface area contributed by atoms with Gasteiger partial charge in [0.2, 0.25) is 0 Å². The third kappa shape index (κ3) is 11.0. The van der Waals surface area contributed by atoms with Gasteiger partial charge in [0.05, 0.1) is 19.8 Å². The quantitative estimate of drug-likeness (QED) is 0.558. The molecule has 0 amide bonds. The fraction of sp³-hybridized carbons (Fsp3) is 0.636. The van der Waals surface area contributed by atoms with E-state index in [1.165, 1.54) is 18.5 Å². The molecular weight excluding hydrogens is 502 g/mol. The van der Waals surface area contributed by atoms with E-state index in [1.807, 2.05) is 0 Å². The van der Waals surface area contributed by atoms with Gasteiger partial charge in [0.15, 0.2) is 0 Å². The van der Waals surface area contributed by atoms with Crippen LogP contribution in [-0.4, -0.2) is 97.9 Å². The zero-order valence-corrected chi connectivity index (χ0v) is 20.0. The van der Waals surface area contributed by atoms with Crippen LogP contribution in [0.2, 0.25) is 0 Å². The Bertz CT molecular complexity index is 808. The molecule has 14 heteroatoms. The third-order valence-electron chi connectivity index (χ3n) is 5.49. The van der Waals surface area contributed by atoms with Crippen LogP contribution >= 0.6 is 0 Å². The van der Waals surface area contributed by atoms with E-state index in [4.69, 9.17) is 29.3 Å². The van der Waals surface area contributed by atoms with Gasteiger partial charge < -0.3 is 24.6 Å². The monoisotopic (exact) mass is 532 g/mol. The van der Waals surface area contributed by atoms with Crippen LogP contribution in [0.15, 0.2) is 24.3 Å². The highest BCUT2D eigenvalue weighted by Crippen LogP contribution is 2.35. The number of halogens is 6. The SMILES string of the molecule is COc1ccc(CN2CC[C@H]3CO[C@H](CN(C)C)[C@H]3C2)cc1.O=C(O)C(F)(F)F.O=C(O)C(F)(F)F. The van der Waals surface area contributed by atoms with E-state index in [-0.39, 0.29) is 0 Å². The molecule has 2 N–H and O–H groups in total. The zero-order valence-electron chi connectivity index (χ0n) is 20.0. The fourth-order valence-corrected chi connectivity index (χ4v) is 3.78. The fourth-order valence-electron chi connectivity index (χ4n) is 3.78. The molecule has 0 radical (unpaired) electrons. The maximum atomic E-state index is 10.6. The molecule has 206 valence electrons. The molecule has 0 unspecified atom stereocenters. The molecule has 2 saturated heterocycles. The minimum absolute atomic E-state index is 0.402. The molecule has 1 aromatic rings. The molecule has 3 rings (SSSR count). The van der Waals surface area contributed by atoms with Gasteiger partial charge in [-0.05, 0) is 50.7 Å². The molecule has 2 aliphatic rings. The molecule has 0 saturated carbocycles. The summed E-state index contributed by atoms with van der Waals surface area (Å²) in [5, 5.41) is 14.2. The van der Waals surface area contributed by atoms with Crippen molar-refractivity contribution in [3.05, 3.63) is 29.8 Å². The van der Waals surface area contributed by atoms with E-state index in [0.717, 1.165) is 37.9 Å². The van der Waals surface area contributed by atoms with Crippen LogP contribution < -0.4 is 4.74 Å². The molecule has 0 spiro atoms. The number of benzene rings is 1. The summed E-state index contributed by atoms with van der Waals surface area (Å²) in [6.07, 6.45) is -8.50. The number of carboxylic acid groups (broad SMARTS) is 2. The Kier molecular flexibility index (Phi) is 11.9. The van der Waals surface area contributed by atoms with Crippen molar-refractivity contribution in [1.82, 2.24) is 9.80 Å². The number of likely N-dealkylation sites (tertiary alicyclic amines) is 1. The first-order valence-corrected chi connectivity index (χ1v) is 10.8. The summed E-state index contributed by atoms with van der Waals surface area (Å²) in [7, 11) is 5.98. The van der Waals surface area contributed by atoms with Crippen molar-refractivity contribution < 1.29 is 55.6 Å². The second kappa shape index (κ2) is 13.7. The van der Waals surface area contributed by atoms with E-state index < -0.39 is 24.3 Å². The van der Waals surface area contributed by atoms with Crippen molar-refractivity contribution in [3.63, 3.8) is 0 Å². The van der Waals surface area contributed by atoms with Crippen LogP contribution in [-0.2, 0) is 20.9 Å². The summed E-state index contributed by atoms with van der Waals surface area (Å²) >= 11 is 0. The molecule has 0 aliphatic carbocycles. The van der Waals surface area contributed by atoms with E-state index >= 15 is 0 Å². The number of aliphatic carboxylic acids is 2. The van der Waals surface area contributed by atoms with Crippen molar-refractivity contribution >= 4 is 11.9 Å². The third-order valence-corrected chi connectivity index (χ3v) is 5.49. The Morgan fingerprint density at radius 1 is 1.06 bits per heavy atom. The molecule has 2 aliphatic heterocycles. The molecule has 0 bridgehead atoms. The first-order valence-electron chi connectivity index (χ1n) is 10.8. The van der Waals surface area contributed by atoms with Crippen LogP contribution in [0.3, 0.4) is 0 Å². The number of carboxylic acids is 2. The summed E-state index contributed by atoms with van der Waals surface area (Å²) in [5.41, 5.74) is 1.36. The van der Waals surface area contributed by atoms with E-state index in [0.29, 0.717) is 12.0 Å². The maximum Gasteiger partial charge on any atom is 0.490 e. The van der Waals surface area contributed by atoms with Crippen molar-refractivity contribution in [1.29, 1.82) is 0 Å². The average Bonchev–Trinajstić information content (AvgIpc) is 3.15. The number of rotatable bonds is 5. The molecule has 3 atom stereocenters. The molecule has 1 aromatic carbocycles. The molecule has 36 heavy (non-hydrogen) atoms. The number of hydrogen-bond acceptors (Lipinski definition) is 6. The van der Waals surface area contributed by atoms with Gasteiger partial charge in [-0.1, -0.05) is 12.1 Å². The lowest BCUT2D eigenvalue weighted by atomic mass is 9.84. The maximum absolute atomic E-state index is 10.6. The standard InChI is InChI=1S/C18H28N2O2.2C2HF3O2/c1-19(2)12-18-17-11-20(9-8-15(17)13-22-18)10-14-4-6-16(21-3)7-5-14;2*3-2(4,5)1(6)7/h4-7,15,17-18H,8-13H2,1-3H3;2*(H,6,7)/t15-,17-,18+;;/m0../s1. The predicted octanol–water partition coefficient (Wildman–Crippen LogP) is 3.36. The smallest absolute Gasteiger partial charge is 0.490 e. The van der Waals surface area contributed by atoms with Gasteiger partial charge in [-0.3, -0.25) is 4.90 Å². The first kappa shape index (κ1) is 31.4. The number of ether oxygens (including phenoxy) is 2. The lowest BCUT2D eigenvalue weighted by Gasteiger charge is -2.36. The summed E-state index contributed by atoms with van der Waals surface area (Å²) in [6, 6.07) is 8.45. The van der Waals surface area contributed by atoms with E-state index in [1.54, 1.807) is 7.11 Å².